The summed E-state index contributed by atoms with van der Waals surface area (Å²) in [6.45, 7) is 3.87. The van der Waals surface area contributed by atoms with E-state index in [0.717, 1.165) is 13.0 Å². The van der Waals surface area contributed by atoms with Crippen LogP contribution >= 0.6 is 0 Å². The lowest BCUT2D eigenvalue weighted by Crippen LogP contribution is -2.32. The molecule has 0 saturated carbocycles. The molecule has 14 heavy (non-hydrogen) atoms. The number of hydrogen-bond acceptors (Lipinski definition) is 3. The van der Waals surface area contributed by atoms with Gasteiger partial charge in [0.2, 0.25) is 0 Å². The zero-order valence-electron chi connectivity index (χ0n) is 9.27. The fraction of sp³-hybridized carbons (Fsp3) is 0.700. The van der Waals surface area contributed by atoms with Crippen molar-refractivity contribution in [1.29, 1.82) is 0 Å². The van der Waals surface area contributed by atoms with Crippen LogP contribution < -0.4 is 5.73 Å². The summed E-state index contributed by atoms with van der Waals surface area (Å²) in [7, 11) is 4.11. The average molecular weight is 196 g/mol. The van der Waals surface area contributed by atoms with Gasteiger partial charge < -0.3 is 10.3 Å². The molecule has 1 unspecified atom stereocenters. The van der Waals surface area contributed by atoms with Crippen molar-refractivity contribution in [1.82, 2.24) is 14.5 Å². The van der Waals surface area contributed by atoms with Crippen molar-refractivity contribution in [3.8, 4) is 0 Å². The standard InChI is InChI=1S/C10H20N4/c1-4-5-13(2)9(6-11)10-7-12-8-14(10)3/h7-9H,4-6,11H2,1-3H3. The predicted molar refractivity (Wildman–Crippen MR) is 57.9 cm³/mol. The van der Waals surface area contributed by atoms with Crippen molar-refractivity contribution >= 4 is 0 Å². The highest BCUT2D eigenvalue weighted by molar-refractivity contribution is 5.05. The molecular formula is C10H20N4. The molecule has 0 spiro atoms. The molecule has 80 valence electrons. The zero-order valence-corrected chi connectivity index (χ0v) is 9.27. The molecular weight excluding hydrogens is 176 g/mol. The second kappa shape index (κ2) is 5.12. The first kappa shape index (κ1) is 11.2. The van der Waals surface area contributed by atoms with E-state index in [1.54, 1.807) is 0 Å². The second-order valence-corrected chi connectivity index (χ2v) is 3.66. The van der Waals surface area contributed by atoms with Gasteiger partial charge >= 0.3 is 0 Å². The van der Waals surface area contributed by atoms with Crippen LogP contribution in [-0.4, -0.2) is 34.6 Å². The third-order valence-corrected chi connectivity index (χ3v) is 2.53. The molecule has 0 amide bonds. The maximum Gasteiger partial charge on any atom is 0.0946 e. The number of imidazole rings is 1. The zero-order chi connectivity index (χ0) is 10.6. The highest BCUT2D eigenvalue weighted by Crippen LogP contribution is 2.16. The maximum atomic E-state index is 5.78. The van der Waals surface area contributed by atoms with Crippen LogP contribution in [0.2, 0.25) is 0 Å². The number of nitrogens with zero attached hydrogens (tertiary/aromatic N) is 3. The summed E-state index contributed by atoms with van der Waals surface area (Å²) in [6, 6.07) is 0.280. The summed E-state index contributed by atoms with van der Waals surface area (Å²) < 4.78 is 2.03. The Hall–Kier alpha value is -0.870. The van der Waals surface area contributed by atoms with Gasteiger partial charge in [-0.15, -0.1) is 0 Å². The SMILES string of the molecule is CCCN(C)C(CN)c1cncn1C. The van der Waals surface area contributed by atoms with Crippen LogP contribution in [0.5, 0.6) is 0 Å². The smallest absolute Gasteiger partial charge is 0.0946 e. The Morgan fingerprint density at radius 2 is 2.36 bits per heavy atom. The van der Waals surface area contributed by atoms with Crippen LogP contribution in [0.1, 0.15) is 25.1 Å². The molecule has 0 aliphatic heterocycles. The lowest BCUT2D eigenvalue weighted by Gasteiger charge is -2.26. The molecule has 0 aliphatic carbocycles. The van der Waals surface area contributed by atoms with E-state index < -0.39 is 0 Å². The van der Waals surface area contributed by atoms with Gasteiger partial charge in [0.15, 0.2) is 0 Å². The van der Waals surface area contributed by atoms with Crippen molar-refractivity contribution < 1.29 is 0 Å². The number of rotatable bonds is 5. The fourth-order valence-electron chi connectivity index (χ4n) is 1.72. The van der Waals surface area contributed by atoms with Crippen LogP contribution in [0.3, 0.4) is 0 Å². The van der Waals surface area contributed by atoms with Crippen molar-refractivity contribution in [3.63, 3.8) is 0 Å². The number of aryl methyl sites for hydroxylation is 1. The lowest BCUT2D eigenvalue weighted by molar-refractivity contribution is 0.242. The van der Waals surface area contributed by atoms with Crippen LogP contribution in [0, 0.1) is 0 Å². The van der Waals surface area contributed by atoms with Gasteiger partial charge in [0.25, 0.3) is 0 Å². The van der Waals surface area contributed by atoms with Crippen LogP contribution in [-0.2, 0) is 7.05 Å². The first-order valence-electron chi connectivity index (χ1n) is 5.07. The van der Waals surface area contributed by atoms with E-state index in [1.165, 1.54) is 5.69 Å². The minimum atomic E-state index is 0.280. The topological polar surface area (TPSA) is 47.1 Å². The van der Waals surface area contributed by atoms with Gasteiger partial charge in [-0.1, -0.05) is 6.92 Å². The first-order valence-corrected chi connectivity index (χ1v) is 5.07. The predicted octanol–water partition coefficient (Wildman–Crippen LogP) is 0.762. The second-order valence-electron chi connectivity index (χ2n) is 3.66. The van der Waals surface area contributed by atoms with E-state index in [2.05, 4.69) is 23.9 Å². The normalized spacial score (nSPS) is 13.5. The highest BCUT2D eigenvalue weighted by atomic mass is 15.2. The van der Waals surface area contributed by atoms with Crippen LogP contribution in [0.25, 0.3) is 0 Å². The van der Waals surface area contributed by atoms with Gasteiger partial charge in [-0.3, -0.25) is 4.90 Å². The molecule has 1 aromatic heterocycles. The van der Waals surface area contributed by atoms with Crippen molar-refractivity contribution in [2.75, 3.05) is 20.1 Å². The summed E-state index contributed by atoms with van der Waals surface area (Å²) in [5, 5.41) is 0. The monoisotopic (exact) mass is 196 g/mol. The average Bonchev–Trinajstić information content (AvgIpc) is 2.54. The van der Waals surface area contributed by atoms with Crippen LogP contribution in [0.4, 0.5) is 0 Å². The van der Waals surface area contributed by atoms with Gasteiger partial charge in [-0.25, -0.2) is 4.98 Å². The molecule has 2 N–H and O–H groups in total. The third kappa shape index (κ3) is 2.33. The van der Waals surface area contributed by atoms with Crippen molar-refractivity contribution in [2.45, 2.75) is 19.4 Å². The quantitative estimate of drug-likeness (QED) is 0.756. The summed E-state index contributed by atoms with van der Waals surface area (Å²) in [5.74, 6) is 0. The van der Waals surface area contributed by atoms with Gasteiger partial charge in [0, 0.05) is 19.8 Å². The minimum absolute atomic E-state index is 0.280. The van der Waals surface area contributed by atoms with E-state index in [4.69, 9.17) is 5.73 Å². The molecule has 0 aromatic carbocycles. The van der Waals surface area contributed by atoms with Gasteiger partial charge in [-0.2, -0.15) is 0 Å². The van der Waals surface area contributed by atoms with E-state index in [1.807, 2.05) is 24.1 Å². The van der Waals surface area contributed by atoms with Crippen molar-refractivity contribution in [3.05, 3.63) is 18.2 Å². The molecule has 1 heterocycles. The Balaban J connectivity index is 2.76. The third-order valence-electron chi connectivity index (χ3n) is 2.53. The molecule has 0 fully saturated rings. The van der Waals surface area contributed by atoms with E-state index >= 15 is 0 Å². The molecule has 1 rings (SSSR count). The Labute approximate surface area is 85.7 Å². The van der Waals surface area contributed by atoms with Gasteiger partial charge in [-0.05, 0) is 20.0 Å². The van der Waals surface area contributed by atoms with Crippen molar-refractivity contribution in [2.24, 2.45) is 12.8 Å². The Kier molecular flexibility index (Phi) is 4.10. The molecule has 1 aromatic rings. The Bertz CT molecular complexity index is 269. The molecule has 0 saturated heterocycles. The summed E-state index contributed by atoms with van der Waals surface area (Å²) in [6.07, 6.45) is 4.85. The number of likely N-dealkylation sites (N-methyl/N-ethyl adjacent to an activating group) is 1. The number of aromatic nitrogens is 2. The Morgan fingerprint density at radius 3 is 2.79 bits per heavy atom. The summed E-state index contributed by atoms with van der Waals surface area (Å²) in [5.41, 5.74) is 6.97. The van der Waals surface area contributed by atoms with E-state index in [-0.39, 0.29) is 6.04 Å². The molecule has 4 nitrogen and oxygen atoms in total. The van der Waals surface area contributed by atoms with E-state index in [9.17, 15) is 0 Å². The first-order chi connectivity index (χ1) is 6.70. The fourth-order valence-corrected chi connectivity index (χ4v) is 1.72. The van der Waals surface area contributed by atoms with Crippen LogP contribution in [0.15, 0.2) is 12.5 Å². The maximum absolute atomic E-state index is 5.78. The number of hydrogen-bond donors (Lipinski definition) is 1. The van der Waals surface area contributed by atoms with E-state index in [0.29, 0.717) is 6.54 Å². The molecule has 0 radical (unpaired) electrons. The molecule has 0 bridgehead atoms. The molecule has 0 aliphatic rings. The van der Waals surface area contributed by atoms with Gasteiger partial charge in [0.05, 0.1) is 18.1 Å². The summed E-state index contributed by atoms with van der Waals surface area (Å²) >= 11 is 0. The van der Waals surface area contributed by atoms with Gasteiger partial charge in [0.1, 0.15) is 0 Å². The largest absolute Gasteiger partial charge is 0.336 e. The molecule has 4 heteroatoms. The minimum Gasteiger partial charge on any atom is -0.336 e. The molecule has 1 atom stereocenters. The summed E-state index contributed by atoms with van der Waals surface area (Å²) in [4.78, 5) is 6.39. The number of nitrogens with two attached hydrogens (primary N) is 1. The highest BCUT2D eigenvalue weighted by Gasteiger charge is 2.17. The lowest BCUT2D eigenvalue weighted by atomic mass is 10.2. The Morgan fingerprint density at radius 1 is 1.64 bits per heavy atom.